The number of hydrogen-bond donors (Lipinski definition) is 4. The number of nitrogens with one attached hydrogen (secondary N) is 1. The third kappa shape index (κ3) is 15.6. The van der Waals surface area contributed by atoms with Gasteiger partial charge in [-0.15, -0.1) is 4.91 Å². The number of fused-ring (bicyclic) bond motifs is 2. The number of nitroso groups, excluding NO2 is 1. The van der Waals surface area contributed by atoms with Crippen molar-refractivity contribution in [1.29, 1.82) is 0 Å². The molecule has 13 nitrogen and oxygen atoms in total. The van der Waals surface area contributed by atoms with Gasteiger partial charge in [0.05, 0.1) is 18.2 Å². The van der Waals surface area contributed by atoms with Gasteiger partial charge in [0.25, 0.3) is 0 Å². The smallest absolute Gasteiger partial charge is 0.309 e. The van der Waals surface area contributed by atoms with Crippen molar-refractivity contribution in [2.75, 3.05) is 73.4 Å². The van der Waals surface area contributed by atoms with Crippen molar-refractivity contribution in [3.63, 3.8) is 0 Å². The number of phenols is 1. The molecule has 2 aliphatic rings. The highest BCUT2D eigenvalue weighted by Crippen LogP contribution is 2.37. The normalized spacial score (nSPS) is 13.5. The molecule has 1 unspecified atom stereocenters. The molecule has 0 fully saturated rings. The van der Waals surface area contributed by atoms with E-state index in [1.807, 2.05) is 46.9 Å². The van der Waals surface area contributed by atoms with E-state index in [1.54, 1.807) is 43.4 Å². The summed E-state index contributed by atoms with van der Waals surface area (Å²) in [5, 5.41) is 32.9. The molecule has 0 amide bonds. The molecular weight excluding hydrogens is 976 g/mol. The number of ether oxygens (including phenoxy) is 1. The van der Waals surface area contributed by atoms with E-state index in [2.05, 4.69) is 188 Å². The molecule has 7 aromatic rings. The molecule has 7 aromatic carbocycles. The predicted molar refractivity (Wildman–Crippen MR) is 323 cm³/mol. The summed E-state index contributed by atoms with van der Waals surface area (Å²) in [7, 11) is 3.69. The van der Waals surface area contributed by atoms with E-state index in [4.69, 9.17) is 14.9 Å². The summed E-state index contributed by atoms with van der Waals surface area (Å²) in [5.74, 6) is 0.359. The first-order valence-electron chi connectivity index (χ1n) is 26.7. The third-order valence-electron chi connectivity index (χ3n) is 14.0. The molecule has 0 radical (unpaired) electrons. The summed E-state index contributed by atoms with van der Waals surface area (Å²) < 4.78 is 8.11. The summed E-state index contributed by atoms with van der Waals surface area (Å²) in [6, 6.07) is 63.8. The molecule has 0 spiro atoms. The lowest BCUT2D eigenvalue weighted by atomic mass is 9.13. The Morgan fingerprint density at radius 3 is 1.54 bits per heavy atom. The van der Waals surface area contributed by atoms with E-state index in [0.717, 1.165) is 66.1 Å². The molecular formula is C64H73BN6O7. The van der Waals surface area contributed by atoms with Crippen LogP contribution >= 0.6 is 0 Å². The molecule has 1 aliphatic heterocycles. The summed E-state index contributed by atoms with van der Waals surface area (Å²) in [6.45, 7) is 13.2. The molecule has 4 N–H and O–H groups in total. The molecule has 9 rings (SSSR count). The van der Waals surface area contributed by atoms with E-state index < -0.39 is 18.1 Å². The summed E-state index contributed by atoms with van der Waals surface area (Å²) in [4.78, 5) is 37.6. The van der Waals surface area contributed by atoms with Crippen LogP contribution in [0.2, 0.25) is 0 Å². The van der Waals surface area contributed by atoms with Crippen LogP contribution in [0, 0.1) is 4.91 Å². The number of nitrogens with zero attached hydrogens (tertiary/aromatic N) is 5. The number of carboxylic acid groups (broad SMARTS) is 2. The van der Waals surface area contributed by atoms with E-state index >= 15 is 0 Å². The van der Waals surface area contributed by atoms with Gasteiger partial charge in [0.2, 0.25) is 5.71 Å². The molecule has 0 saturated heterocycles. The minimum Gasteiger partial charge on any atom is -0.508 e. The van der Waals surface area contributed by atoms with Crippen LogP contribution in [0.4, 0.5) is 28.4 Å². The van der Waals surface area contributed by atoms with Crippen LogP contribution in [0.25, 0.3) is 0 Å². The molecule has 404 valence electrons. The molecule has 1 heterocycles. The average molecular weight is 1050 g/mol. The van der Waals surface area contributed by atoms with Gasteiger partial charge in [-0.2, -0.15) is 21.9 Å². The largest absolute Gasteiger partial charge is 0.508 e. The molecule has 1 atom stereocenters. The Hall–Kier alpha value is -8.91. The average Bonchev–Trinajstić information content (AvgIpc) is 3.48. The van der Waals surface area contributed by atoms with Crippen LogP contribution in [0.3, 0.4) is 0 Å². The number of aliphatic carboxylic acids is 2. The van der Waals surface area contributed by atoms with Crippen LogP contribution in [-0.2, 0) is 9.59 Å². The Bertz CT molecular complexity index is 2930. The van der Waals surface area contributed by atoms with Crippen molar-refractivity contribution in [3.8, 4) is 11.5 Å². The minimum atomic E-state index is -1.22. The molecule has 14 heteroatoms. The number of carbonyl (C=O) groups is 2. The Morgan fingerprint density at radius 1 is 0.615 bits per heavy atom. The molecule has 0 aromatic heterocycles. The maximum absolute atomic E-state index is 10.8. The second kappa shape index (κ2) is 29.4. The van der Waals surface area contributed by atoms with Gasteiger partial charge in [0.15, 0.2) is 12.3 Å². The van der Waals surface area contributed by atoms with Gasteiger partial charge in [-0.3, -0.25) is 9.59 Å². The standard InChI is InChI=1S/C24H20B.C20H25N3O3.C10H12N2O3.C10H15NO/c1-5-13-21(14-6-1)25(22-15-7-2-8-16-22,23-17-9-3-10-18-23)24-19-11-4-12-20-24;1-4-23(5-2)15-7-9-17-19(13-15)26-18-12-14(6-8-16(18)21-17)22(3)11-10-20(24)25;1-12(7-6-10(13)14)9-4-2-8(11-15)3-5-9;1-3-11(4-2)9-6-5-7-10(12)8-9/h1-20H;6-9,12-13,16,21H,4-5,10-11H2,1-3H3;2-5H,6-7H2,1H3,(H,13,14);5-8,12H,3-4H2,1-2H3/q-1;;;/p+1. The lowest BCUT2D eigenvalue weighted by molar-refractivity contribution is -0.494. The highest BCUT2D eigenvalue weighted by molar-refractivity contribution is 7.19. The van der Waals surface area contributed by atoms with Crippen LogP contribution in [0.5, 0.6) is 11.5 Å². The highest BCUT2D eigenvalue weighted by atomic mass is 16.5. The predicted octanol–water partition coefficient (Wildman–Crippen LogP) is 10.0. The molecule has 1 aliphatic carbocycles. The van der Waals surface area contributed by atoms with Gasteiger partial charge in [0, 0.05) is 75.0 Å². The monoisotopic (exact) mass is 1050 g/mol. The first-order valence-corrected chi connectivity index (χ1v) is 26.7. The van der Waals surface area contributed by atoms with Crippen LogP contribution in [0.1, 0.15) is 40.5 Å². The number of carboxylic acids is 2. The van der Waals surface area contributed by atoms with Gasteiger partial charge in [0.1, 0.15) is 42.9 Å². The SMILES string of the molecule is CCN(CC)c1ccc2c(c1)OC1=CC(=[N+](C)CCC(=O)O)C=CC1N2.CCN(CC)c1cccc(O)c1.CN(CCC(=O)O)c1ccc(N=O)cc1.c1ccc([B-](c2ccccc2)(c2ccccc2)c2ccccc2)cc1. The fourth-order valence-electron chi connectivity index (χ4n) is 9.77. The zero-order valence-electron chi connectivity index (χ0n) is 45.7. The Labute approximate surface area is 460 Å². The van der Waals surface area contributed by atoms with Gasteiger partial charge in [-0.1, -0.05) is 127 Å². The maximum atomic E-state index is 10.8. The summed E-state index contributed by atoms with van der Waals surface area (Å²) >= 11 is 0. The van der Waals surface area contributed by atoms with Gasteiger partial charge >= 0.3 is 11.9 Å². The second-order valence-corrected chi connectivity index (χ2v) is 18.8. The van der Waals surface area contributed by atoms with Crippen LogP contribution in [-0.4, -0.2) is 103 Å². The zero-order chi connectivity index (χ0) is 55.9. The third-order valence-corrected chi connectivity index (χ3v) is 14.0. The van der Waals surface area contributed by atoms with Gasteiger partial charge in [-0.25, -0.2) is 4.58 Å². The quantitative estimate of drug-likeness (QED) is 0.0368. The van der Waals surface area contributed by atoms with E-state index in [0.29, 0.717) is 24.5 Å². The lowest BCUT2D eigenvalue weighted by Crippen LogP contribution is -2.74. The van der Waals surface area contributed by atoms with Crippen molar-refractivity contribution in [1.82, 2.24) is 0 Å². The number of benzene rings is 7. The van der Waals surface area contributed by atoms with Gasteiger partial charge in [-0.05, 0) is 87.5 Å². The minimum absolute atomic E-state index is 0.00146. The number of anilines is 4. The lowest BCUT2D eigenvalue weighted by Gasteiger charge is -2.44. The van der Waals surface area contributed by atoms with Crippen molar-refractivity contribution >= 4 is 74.1 Å². The Balaban J connectivity index is 0.000000176. The second-order valence-electron chi connectivity index (χ2n) is 18.8. The van der Waals surface area contributed by atoms with Gasteiger partial charge < -0.3 is 40.1 Å². The maximum Gasteiger partial charge on any atom is 0.309 e. The Morgan fingerprint density at radius 2 is 1.09 bits per heavy atom. The number of rotatable bonds is 18. The summed E-state index contributed by atoms with van der Waals surface area (Å²) in [5.41, 5.74) is 10.7. The number of aromatic hydroxyl groups is 1. The molecule has 0 bridgehead atoms. The Kier molecular flexibility index (Phi) is 22.0. The molecule has 0 saturated carbocycles. The van der Waals surface area contributed by atoms with E-state index in [9.17, 15) is 19.6 Å². The molecule has 78 heavy (non-hydrogen) atoms. The van der Waals surface area contributed by atoms with E-state index in [-0.39, 0.29) is 18.9 Å². The van der Waals surface area contributed by atoms with Crippen molar-refractivity contribution in [2.24, 2.45) is 5.18 Å². The van der Waals surface area contributed by atoms with Crippen molar-refractivity contribution < 1.29 is 34.2 Å². The first-order chi connectivity index (χ1) is 37.8. The van der Waals surface area contributed by atoms with Crippen LogP contribution in [0.15, 0.2) is 217 Å². The number of phenolic OH excluding ortho intramolecular Hbond substituents is 1. The van der Waals surface area contributed by atoms with E-state index in [1.165, 1.54) is 21.9 Å². The number of hydrogen-bond acceptors (Lipinski definition) is 10. The summed E-state index contributed by atoms with van der Waals surface area (Å²) in [6.07, 6.45) is 5.00. The van der Waals surface area contributed by atoms with Crippen molar-refractivity contribution in [3.05, 3.63) is 217 Å². The first kappa shape index (κ1) is 58.4. The number of allylic oxidation sites excluding steroid dienone is 2. The fourth-order valence-corrected chi connectivity index (χ4v) is 9.77. The van der Waals surface area contributed by atoms with Crippen LogP contribution < -0.4 is 46.6 Å². The topological polar surface area (TPSA) is 158 Å². The van der Waals surface area contributed by atoms with Crippen molar-refractivity contribution in [2.45, 2.75) is 46.6 Å². The highest BCUT2D eigenvalue weighted by Gasteiger charge is 2.31. The zero-order valence-corrected chi connectivity index (χ0v) is 45.7. The fraction of sp³-hybridized carbons (Fsp3) is 0.234.